The molecular weight excluding hydrogens is 302 g/mol. The molecule has 5 nitrogen and oxygen atoms in total. The summed E-state index contributed by atoms with van der Waals surface area (Å²) in [5, 5.41) is 0. The second kappa shape index (κ2) is 16.5. The second-order valence-corrected chi connectivity index (χ2v) is 7.00. The fourth-order valence-corrected chi connectivity index (χ4v) is 2.52. The highest BCUT2D eigenvalue weighted by Gasteiger charge is 2.02. The number of hydrogen-bond donors (Lipinski definition) is 2. The standard InChI is InChI=1S/C13H28O3S.C3H5NO/c1-2-3-4-5-6-7-8-9-10-11-12-13-17(14,15)16;1-2-3(4)5/h2-13H2,1H3,(H,14,15,16);2H,1H2,(H2,4,5). The van der Waals surface area contributed by atoms with Crippen molar-refractivity contribution < 1.29 is 17.8 Å². The van der Waals surface area contributed by atoms with E-state index in [1.165, 1.54) is 51.4 Å². The van der Waals surface area contributed by atoms with E-state index in [-0.39, 0.29) is 5.75 Å². The first-order valence-corrected chi connectivity index (χ1v) is 9.81. The largest absolute Gasteiger partial charge is 0.366 e. The molecule has 0 aliphatic rings. The Hall–Kier alpha value is -0.880. The lowest BCUT2D eigenvalue weighted by Gasteiger charge is -2.01. The lowest BCUT2D eigenvalue weighted by molar-refractivity contribution is -0.113. The van der Waals surface area contributed by atoms with Crippen LogP contribution in [-0.2, 0) is 14.9 Å². The number of carbonyl (C=O) groups is 1. The number of unbranched alkanes of at least 4 members (excludes halogenated alkanes) is 10. The Morgan fingerprint density at radius 2 is 1.27 bits per heavy atom. The monoisotopic (exact) mass is 335 g/mol. The number of amides is 1. The topological polar surface area (TPSA) is 97.5 Å². The van der Waals surface area contributed by atoms with Gasteiger partial charge in [-0.1, -0.05) is 77.7 Å². The third-order valence-corrected chi connectivity index (χ3v) is 4.01. The summed E-state index contributed by atoms with van der Waals surface area (Å²) < 4.78 is 29.4. The van der Waals surface area contributed by atoms with Crippen molar-refractivity contribution in [1.29, 1.82) is 0 Å². The van der Waals surface area contributed by atoms with Crippen LogP contribution in [0.2, 0.25) is 0 Å². The minimum absolute atomic E-state index is 0.0793. The first-order valence-electron chi connectivity index (χ1n) is 8.20. The first kappa shape index (κ1) is 23.4. The minimum atomic E-state index is -3.73. The van der Waals surface area contributed by atoms with Crippen LogP contribution in [0.4, 0.5) is 0 Å². The van der Waals surface area contributed by atoms with Crippen LogP contribution >= 0.6 is 0 Å². The molecule has 0 fully saturated rings. The summed E-state index contributed by atoms with van der Waals surface area (Å²) in [5.41, 5.74) is 4.53. The summed E-state index contributed by atoms with van der Waals surface area (Å²) in [6.07, 6.45) is 14.1. The molecule has 0 aliphatic heterocycles. The number of primary amides is 1. The zero-order chi connectivity index (χ0) is 17.3. The van der Waals surface area contributed by atoms with Gasteiger partial charge in [0.1, 0.15) is 0 Å². The molecule has 3 N–H and O–H groups in total. The van der Waals surface area contributed by atoms with Crippen LogP contribution in [0, 0.1) is 0 Å². The van der Waals surface area contributed by atoms with Crippen LogP contribution < -0.4 is 5.73 Å². The smallest absolute Gasteiger partial charge is 0.264 e. The van der Waals surface area contributed by atoms with Gasteiger partial charge in [0.05, 0.1) is 5.75 Å². The summed E-state index contributed by atoms with van der Waals surface area (Å²) in [6, 6.07) is 0. The molecule has 0 radical (unpaired) electrons. The quantitative estimate of drug-likeness (QED) is 0.303. The maximum absolute atomic E-state index is 10.4. The van der Waals surface area contributed by atoms with Crippen LogP contribution in [0.5, 0.6) is 0 Å². The highest BCUT2D eigenvalue weighted by molar-refractivity contribution is 7.85. The number of carbonyl (C=O) groups excluding carboxylic acids is 1. The lowest BCUT2D eigenvalue weighted by Crippen LogP contribution is -2.04. The van der Waals surface area contributed by atoms with Crippen molar-refractivity contribution in [2.75, 3.05) is 5.75 Å². The van der Waals surface area contributed by atoms with E-state index in [4.69, 9.17) is 4.55 Å². The van der Waals surface area contributed by atoms with Gasteiger partial charge in [-0.2, -0.15) is 8.42 Å². The molecule has 0 heterocycles. The molecule has 0 atom stereocenters. The summed E-state index contributed by atoms with van der Waals surface area (Å²) >= 11 is 0. The van der Waals surface area contributed by atoms with E-state index in [0.29, 0.717) is 6.42 Å². The van der Waals surface area contributed by atoms with E-state index in [9.17, 15) is 13.2 Å². The molecule has 0 saturated carbocycles. The summed E-state index contributed by atoms with van der Waals surface area (Å²) in [6.45, 7) is 5.31. The number of rotatable bonds is 13. The van der Waals surface area contributed by atoms with Crippen molar-refractivity contribution in [3.63, 3.8) is 0 Å². The molecule has 132 valence electrons. The van der Waals surface area contributed by atoms with Crippen molar-refractivity contribution in [3.8, 4) is 0 Å². The lowest BCUT2D eigenvalue weighted by atomic mass is 10.1. The number of nitrogens with two attached hydrogens (primary N) is 1. The average molecular weight is 336 g/mol. The molecule has 0 rings (SSSR count). The maximum Gasteiger partial charge on any atom is 0.264 e. The molecule has 0 aromatic heterocycles. The van der Waals surface area contributed by atoms with Gasteiger partial charge in [-0.05, 0) is 12.5 Å². The minimum Gasteiger partial charge on any atom is -0.366 e. The molecule has 0 bridgehead atoms. The fraction of sp³-hybridized carbons (Fsp3) is 0.812. The van der Waals surface area contributed by atoms with Gasteiger partial charge in [-0.15, -0.1) is 0 Å². The average Bonchev–Trinajstić information content (AvgIpc) is 2.44. The van der Waals surface area contributed by atoms with Crippen LogP contribution in [0.1, 0.15) is 77.6 Å². The van der Waals surface area contributed by atoms with Crippen LogP contribution in [0.3, 0.4) is 0 Å². The van der Waals surface area contributed by atoms with Gasteiger partial charge in [0.25, 0.3) is 10.1 Å². The van der Waals surface area contributed by atoms with E-state index in [0.717, 1.165) is 18.9 Å². The molecule has 0 unspecified atom stereocenters. The van der Waals surface area contributed by atoms with Crippen molar-refractivity contribution >= 4 is 16.0 Å². The SMILES string of the molecule is C=CC(N)=O.CCCCCCCCCCCCCS(=O)(=O)O. The normalized spacial score (nSPS) is 10.6. The van der Waals surface area contributed by atoms with Crippen molar-refractivity contribution in [3.05, 3.63) is 12.7 Å². The zero-order valence-corrected chi connectivity index (χ0v) is 14.7. The molecule has 0 spiro atoms. The highest BCUT2D eigenvalue weighted by Crippen LogP contribution is 2.11. The molecular formula is C16H33NO4S. The maximum atomic E-state index is 10.4. The Balaban J connectivity index is 0. The van der Waals surface area contributed by atoms with Gasteiger partial charge in [0.2, 0.25) is 5.91 Å². The van der Waals surface area contributed by atoms with Gasteiger partial charge < -0.3 is 5.73 Å². The summed E-state index contributed by atoms with van der Waals surface area (Å²) in [5.74, 6) is -0.561. The Morgan fingerprint density at radius 1 is 0.955 bits per heavy atom. The van der Waals surface area contributed by atoms with Crippen LogP contribution in [0.15, 0.2) is 12.7 Å². The van der Waals surface area contributed by atoms with Gasteiger partial charge in [-0.3, -0.25) is 9.35 Å². The summed E-state index contributed by atoms with van der Waals surface area (Å²) in [7, 11) is -3.73. The Bertz CT molecular complexity index is 366. The Morgan fingerprint density at radius 3 is 1.55 bits per heavy atom. The van der Waals surface area contributed by atoms with Crippen LogP contribution in [-0.4, -0.2) is 24.6 Å². The van der Waals surface area contributed by atoms with E-state index in [1.54, 1.807) is 0 Å². The second-order valence-electron chi connectivity index (χ2n) is 5.43. The molecule has 0 aromatic rings. The van der Waals surface area contributed by atoms with Gasteiger partial charge >= 0.3 is 0 Å². The van der Waals surface area contributed by atoms with Crippen molar-refractivity contribution in [2.24, 2.45) is 5.73 Å². The predicted molar refractivity (Wildman–Crippen MR) is 92.3 cm³/mol. The van der Waals surface area contributed by atoms with E-state index in [2.05, 4.69) is 19.2 Å². The third-order valence-electron chi connectivity index (χ3n) is 3.21. The van der Waals surface area contributed by atoms with Gasteiger partial charge in [0.15, 0.2) is 0 Å². The predicted octanol–water partition coefficient (Wildman–Crippen LogP) is 3.84. The fourth-order valence-electron chi connectivity index (χ4n) is 1.95. The highest BCUT2D eigenvalue weighted by atomic mass is 32.2. The first-order chi connectivity index (χ1) is 10.3. The molecule has 0 aromatic carbocycles. The van der Waals surface area contributed by atoms with E-state index >= 15 is 0 Å². The molecule has 6 heteroatoms. The van der Waals surface area contributed by atoms with E-state index in [1.807, 2.05) is 0 Å². The van der Waals surface area contributed by atoms with Gasteiger partial charge in [0, 0.05) is 0 Å². The van der Waals surface area contributed by atoms with Crippen molar-refractivity contribution in [2.45, 2.75) is 77.6 Å². The number of hydrogen-bond acceptors (Lipinski definition) is 3. The Labute approximate surface area is 136 Å². The van der Waals surface area contributed by atoms with Crippen LogP contribution in [0.25, 0.3) is 0 Å². The summed E-state index contributed by atoms with van der Waals surface area (Å²) in [4.78, 5) is 9.47. The third kappa shape index (κ3) is 27.5. The van der Waals surface area contributed by atoms with Gasteiger partial charge in [-0.25, -0.2) is 0 Å². The molecule has 0 aliphatic carbocycles. The molecule has 22 heavy (non-hydrogen) atoms. The van der Waals surface area contributed by atoms with Crippen molar-refractivity contribution in [1.82, 2.24) is 0 Å². The zero-order valence-electron chi connectivity index (χ0n) is 13.9. The Kier molecular flexibility index (Phi) is 17.5. The molecule has 0 saturated heterocycles. The van der Waals surface area contributed by atoms with E-state index < -0.39 is 16.0 Å². The molecule has 1 amide bonds.